The maximum Gasteiger partial charge on any atom is 0.264 e. The molecule has 0 atom stereocenters. The van der Waals surface area contributed by atoms with Crippen LogP contribution in [0, 0.1) is 0 Å². The van der Waals surface area contributed by atoms with E-state index < -0.39 is 0 Å². The molecular formula is C9H5BrClNO. The van der Waals surface area contributed by atoms with E-state index in [1.165, 1.54) is 0 Å². The lowest BCUT2D eigenvalue weighted by Crippen LogP contribution is -1.75. The van der Waals surface area contributed by atoms with Gasteiger partial charge in [-0.1, -0.05) is 23.7 Å². The van der Waals surface area contributed by atoms with Crippen LogP contribution >= 0.6 is 27.5 Å². The molecule has 4 heteroatoms. The number of aromatic nitrogens is 1. The number of halogens is 2. The summed E-state index contributed by atoms with van der Waals surface area (Å²) >= 11 is 8.89. The van der Waals surface area contributed by atoms with Gasteiger partial charge in [-0.2, -0.15) is 0 Å². The first kappa shape index (κ1) is 8.78. The quantitative estimate of drug-likeness (QED) is 0.778. The zero-order chi connectivity index (χ0) is 9.26. The Hall–Kier alpha value is -0.800. The van der Waals surface area contributed by atoms with Crippen molar-refractivity contribution in [3.63, 3.8) is 0 Å². The van der Waals surface area contributed by atoms with Crippen LogP contribution in [0.2, 0.25) is 5.02 Å². The summed E-state index contributed by atoms with van der Waals surface area (Å²) in [7, 11) is 0. The second-order valence-electron chi connectivity index (χ2n) is 2.49. The molecule has 1 heterocycles. The Balaban J connectivity index is 2.41. The summed E-state index contributed by atoms with van der Waals surface area (Å²) < 4.78 is 5.02. The Morgan fingerprint density at radius 2 is 1.92 bits per heavy atom. The van der Waals surface area contributed by atoms with Crippen LogP contribution in [0.25, 0.3) is 11.3 Å². The molecule has 66 valence electrons. The summed E-state index contributed by atoms with van der Waals surface area (Å²) in [6.45, 7) is 0. The fourth-order valence-electron chi connectivity index (χ4n) is 1.01. The highest BCUT2D eigenvalue weighted by atomic mass is 79.9. The number of nitrogens with zero attached hydrogens (tertiary/aromatic N) is 1. The second kappa shape index (κ2) is 3.52. The van der Waals surface area contributed by atoms with Gasteiger partial charge in [0.05, 0.1) is 0 Å². The van der Waals surface area contributed by atoms with Gasteiger partial charge in [0, 0.05) is 26.5 Å². The van der Waals surface area contributed by atoms with Gasteiger partial charge in [-0.25, -0.2) is 4.98 Å². The van der Waals surface area contributed by atoms with Crippen molar-refractivity contribution in [3.8, 4) is 11.3 Å². The van der Waals surface area contributed by atoms with E-state index >= 15 is 0 Å². The highest BCUT2D eigenvalue weighted by molar-refractivity contribution is 9.10. The van der Waals surface area contributed by atoms with Gasteiger partial charge in [0.2, 0.25) is 0 Å². The lowest BCUT2D eigenvalue weighted by molar-refractivity contribution is 0.529. The van der Waals surface area contributed by atoms with Gasteiger partial charge < -0.3 is 4.42 Å². The van der Waals surface area contributed by atoms with Crippen molar-refractivity contribution in [1.82, 2.24) is 4.98 Å². The van der Waals surface area contributed by atoms with Gasteiger partial charge in [-0.15, -0.1) is 0 Å². The van der Waals surface area contributed by atoms with Crippen molar-refractivity contribution >= 4 is 27.5 Å². The SMILES string of the molecule is Clc1ccc(-c2coc(Br)n2)cc1. The van der Waals surface area contributed by atoms with Gasteiger partial charge in [-0.3, -0.25) is 0 Å². The molecular weight excluding hydrogens is 253 g/mol. The lowest BCUT2D eigenvalue weighted by atomic mass is 10.2. The van der Waals surface area contributed by atoms with Crippen LogP contribution in [-0.2, 0) is 0 Å². The van der Waals surface area contributed by atoms with Crippen LogP contribution in [0.15, 0.2) is 39.7 Å². The van der Waals surface area contributed by atoms with E-state index in [0.717, 1.165) is 11.3 Å². The third-order valence-corrected chi connectivity index (χ3v) is 2.23. The molecule has 0 saturated carbocycles. The largest absolute Gasteiger partial charge is 0.439 e. The highest BCUT2D eigenvalue weighted by Gasteiger charge is 2.02. The first-order valence-electron chi connectivity index (χ1n) is 3.63. The Morgan fingerprint density at radius 1 is 1.23 bits per heavy atom. The van der Waals surface area contributed by atoms with Gasteiger partial charge in [0.1, 0.15) is 12.0 Å². The molecule has 0 aliphatic carbocycles. The highest BCUT2D eigenvalue weighted by Crippen LogP contribution is 2.22. The third kappa shape index (κ3) is 1.92. The molecule has 13 heavy (non-hydrogen) atoms. The number of rotatable bonds is 1. The van der Waals surface area contributed by atoms with Gasteiger partial charge >= 0.3 is 0 Å². The molecule has 0 aliphatic rings. The van der Waals surface area contributed by atoms with Crippen molar-refractivity contribution < 1.29 is 4.42 Å². The monoisotopic (exact) mass is 257 g/mol. The van der Waals surface area contributed by atoms with Crippen molar-refractivity contribution in [2.24, 2.45) is 0 Å². The average molecular weight is 259 g/mol. The molecule has 0 bridgehead atoms. The number of oxazole rings is 1. The minimum atomic E-state index is 0.484. The van der Waals surface area contributed by atoms with E-state index in [2.05, 4.69) is 20.9 Å². The predicted molar refractivity (Wildman–Crippen MR) is 54.6 cm³/mol. The molecule has 0 spiro atoms. The fraction of sp³-hybridized carbons (Fsp3) is 0. The predicted octanol–water partition coefficient (Wildman–Crippen LogP) is 3.76. The van der Waals surface area contributed by atoms with Crippen molar-refractivity contribution in [3.05, 3.63) is 40.4 Å². The van der Waals surface area contributed by atoms with Gasteiger partial charge in [-0.05, 0) is 12.1 Å². The maximum atomic E-state index is 5.75. The molecule has 0 amide bonds. The first-order chi connectivity index (χ1) is 6.25. The molecule has 1 aromatic heterocycles. The molecule has 2 aromatic rings. The minimum Gasteiger partial charge on any atom is -0.439 e. The smallest absolute Gasteiger partial charge is 0.264 e. The van der Waals surface area contributed by atoms with E-state index in [1.54, 1.807) is 6.26 Å². The zero-order valence-corrected chi connectivity index (χ0v) is 8.84. The molecule has 0 fully saturated rings. The van der Waals surface area contributed by atoms with E-state index in [1.807, 2.05) is 24.3 Å². The summed E-state index contributed by atoms with van der Waals surface area (Å²) in [5, 5.41) is 0.714. The van der Waals surface area contributed by atoms with Crippen LogP contribution in [-0.4, -0.2) is 4.98 Å². The van der Waals surface area contributed by atoms with Crippen LogP contribution < -0.4 is 0 Å². The van der Waals surface area contributed by atoms with Crippen LogP contribution in [0.3, 0.4) is 0 Å². The Kier molecular flexibility index (Phi) is 2.38. The number of hydrogen-bond donors (Lipinski definition) is 0. The van der Waals surface area contributed by atoms with Crippen LogP contribution in [0.4, 0.5) is 0 Å². The standard InChI is InChI=1S/C9H5BrClNO/c10-9-12-8(5-13-9)6-1-3-7(11)4-2-6/h1-5H. The van der Waals surface area contributed by atoms with E-state index in [4.69, 9.17) is 16.0 Å². The first-order valence-corrected chi connectivity index (χ1v) is 4.80. The van der Waals surface area contributed by atoms with Crippen LogP contribution in [0.5, 0.6) is 0 Å². The minimum absolute atomic E-state index is 0.484. The van der Waals surface area contributed by atoms with E-state index in [9.17, 15) is 0 Å². The molecule has 1 aromatic carbocycles. The Bertz CT molecular complexity index is 410. The van der Waals surface area contributed by atoms with Gasteiger partial charge in [0.25, 0.3) is 4.80 Å². The topological polar surface area (TPSA) is 26.0 Å². The van der Waals surface area contributed by atoms with Crippen LogP contribution in [0.1, 0.15) is 0 Å². The molecule has 2 nitrogen and oxygen atoms in total. The van der Waals surface area contributed by atoms with Crippen molar-refractivity contribution in [2.75, 3.05) is 0 Å². The number of hydrogen-bond acceptors (Lipinski definition) is 2. The molecule has 0 saturated heterocycles. The molecule has 0 N–H and O–H groups in total. The summed E-state index contributed by atoms with van der Waals surface area (Å²) in [5.74, 6) is 0. The molecule has 2 rings (SSSR count). The summed E-state index contributed by atoms with van der Waals surface area (Å²) in [4.78, 5) is 4.60. The number of benzene rings is 1. The second-order valence-corrected chi connectivity index (χ2v) is 3.61. The fourth-order valence-corrected chi connectivity index (χ4v) is 1.42. The zero-order valence-electron chi connectivity index (χ0n) is 6.50. The molecule has 0 radical (unpaired) electrons. The Labute approximate surface area is 88.7 Å². The van der Waals surface area contributed by atoms with Gasteiger partial charge in [0.15, 0.2) is 0 Å². The molecule has 0 unspecified atom stereocenters. The van der Waals surface area contributed by atoms with Crippen molar-refractivity contribution in [1.29, 1.82) is 0 Å². The molecule has 0 aliphatic heterocycles. The van der Waals surface area contributed by atoms with E-state index in [0.29, 0.717) is 9.82 Å². The van der Waals surface area contributed by atoms with Crippen molar-refractivity contribution in [2.45, 2.75) is 0 Å². The normalized spacial score (nSPS) is 10.3. The summed E-state index contributed by atoms with van der Waals surface area (Å²) in [5.41, 5.74) is 1.78. The van der Waals surface area contributed by atoms with E-state index in [-0.39, 0.29) is 0 Å². The lowest BCUT2D eigenvalue weighted by Gasteiger charge is -1.94. The Morgan fingerprint density at radius 3 is 2.46 bits per heavy atom. The summed E-state index contributed by atoms with van der Waals surface area (Å²) in [6, 6.07) is 7.43. The summed E-state index contributed by atoms with van der Waals surface area (Å²) in [6.07, 6.45) is 1.59. The average Bonchev–Trinajstić information content (AvgIpc) is 2.53. The third-order valence-electron chi connectivity index (χ3n) is 1.62. The maximum absolute atomic E-state index is 5.75.